The Balaban J connectivity index is 2.59. The van der Waals surface area contributed by atoms with Crippen LogP contribution in [-0.4, -0.2) is 11.4 Å². The van der Waals surface area contributed by atoms with Crippen LogP contribution >= 0.6 is 11.6 Å². The van der Waals surface area contributed by atoms with Gasteiger partial charge in [0.05, 0.1) is 10.7 Å². The molecule has 0 unspecified atom stereocenters. The zero-order chi connectivity index (χ0) is 12.8. The summed E-state index contributed by atoms with van der Waals surface area (Å²) in [6, 6.07) is 2.32. The molecule has 8 heteroatoms. The number of aromatic nitrogens is 1. The maximum Gasteiger partial charge on any atom is 0.381 e. The van der Waals surface area contributed by atoms with Gasteiger partial charge in [-0.2, -0.15) is 8.78 Å². The van der Waals surface area contributed by atoms with Gasteiger partial charge in [0.25, 0.3) is 5.89 Å². The molecule has 0 bridgehead atoms. The van der Waals surface area contributed by atoms with Gasteiger partial charge in [-0.25, -0.2) is 13.8 Å². The predicted molar refractivity (Wildman–Crippen MR) is 53.3 cm³/mol. The lowest BCUT2D eigenvalue weighted by molar-refractivity contribution is -0.150. The Morgan fingerprint density at radius 3 is 2.59 bits per heavy atom. The van der Waals surface area contributed by atoms with Crippen LogP contribution in [0.15, 0.2) is 16.5 Å². The molecule has 1 aromatic carbocycles. The van der Waals surface area contributed by atoms with E-state index in [0.29, 0.717) is 0 Å². The molecule has 17 heavy (non-hydrogen) atoms. The number of benzene rings is 1. The lowest BCUT2D eigenvalue weighted by Crippen LogP contribution is -2.23. The van der Waals surface area contributed by atoms with Crippen LogP contribution in [-0.2, 0) is 5.92 Å². The highest BCUT2D eigenvalue weighted by molar-refractivity contribution is 6.33. The molecule has 0 aliphatic carbocycles. The van der Waals surface area contributed by atoms with E-state index in [1.165, 1.54) is 6.07 Å². The number of nitrogen functional groups attached to an aromatic ring is 1. The number of halogens is 5. The third kappa shape index (κ3) is 1.90. The van der Waals surface area contributed by atoms with Crippen molar-refractivity contribution in [1.82, 2.24) is 4.98 Å². The summed E-state index contributed by atoms with van der Waals surface area (Å²) in [5, 5.41) is 0.0812. The Morgan fingerprint density at radius 2 is 2.00 bits per heavy atom. The SMILES string of the molecule is Nc1cc2oc(C(F)(F)C(F)F)nc2cc1Cl. The van der Waals surface area contributed by atoms with E-state index >= 15 is 0 Å². The smallest absolute Gasteiger partial charge is 0.381 e. The quantitative estimate of drug-likeness (QED) is 0.671. The molecule has 0 aliphatic heterocycles. The monoisotopic (exact) mass is 268 g/mol. The van der Waals surface area contributed by atoms with Gasteiger partial charge >= 0.3 is 12.3 Å². The van der Waals surface area contributed by atoms with Crippen molar-refractivity contribution >= 4 is 28.4 Å². The largest absolute Gasteiger partial charge is 0.435 e. The Kier molecular flexibility index (Phi) is 2.65. The molecule has 1 aromatic heterocycles. The molecule has 2 N–H and O–H groups in total. The Labute approximate surface area is 97.2 Å². The summed E-state index contributed by atoms with van der Waals surface area (Å²) >= 11 is 5.63. The van der Waals surface area contributed by atoms with Crippen LogP contribution in [0, 0.1) is 0 Å². The fraction of sp³-hybridized carbons (Fsp3) is 0.222. The molecule has 0 spiro atoms. The molecular formula is C9H5ClF4N2O. The van der Waals surface area contributed by atoms with Crippen molar-refractivity contribution in [1.29, 1.82) is 0 Å². The fourth-order valence-corrected chi connectivity index (χ4v) is 1.36. The van der Waals surface area contributed by atoms with Gasteiger partial charge in [0, 0.05) is 6.07 Å². The number of rotatable bonds is 2. The van der Waals surface area contributed by atoms with Gasteiger partial charge in [-0.1, -0.05) is 11.6 Å². The van der Waals surface area contributed by atoms with Crippen molar-refractivity contribution in [2.45, 2.75) is 12.3 Å². The van der Waals surface area contributed by atoms with E-state index in [1.54, 1.807) is 0 Å². The van der Waals surface area contributed by atoms with Crippen LogP contribution in [0.3, 0.4) is 0 Å². The summed E-state index contributed by atoms with van der Waals surface area (Å²) in [6.07, 6.45) is -3.90. The third-order valence-corrected chi connectivity index (χ3v) is 2.39. The number of hydrogen-bond acceptors (Lipinski definition) is 3. The molecular weight excluding hydrogens is 264 g/mol. The van der Waals surface area contributed by atoms with Gasteiger partial charge < -0.3 is 10.2 Å². The van der Waals surface area contributed by atoms with Gasteiger partial charge in [0.2, 0.25) is 0 Å². The van der Waals surface area contributed by atoms with Gasteiger partial charge in [0.15, 0.2) is 5.58 Å². The first-order valence-electron chi connectivity index (χ1n) is 4.34. The number of nitrogens with two attached hydrogens (primary N) is 1. The summed E-state index contributed by atoms with van der Waals surface area (Å²) in [5.74, 6) is -5.80. The lowest BCUT2D eigenvalue weighted by Gasteiger charge is -2.09. The molecule has 0 amide bonds. The molecule has 0 atom stereocenters. The van der Waals surface area contributed by atoms with E-state index in [9.17, 15) is 17.6 Å². The molecule has 2 rings (SSSR count). The molecule has 1 heterocycles. The summed E-state index contributed by atoms with van der Waals surface area (Å²) in [4.78, 5) is 3.27. The fourth-order valence-electron chi connectivity index (χ4n) is 1.20. The minimum Gasteiger partial charge on any atom is -0.435 e. The number of anilines is 1. The summed E-state index contributed by atoms with van der Waals surface area (Å²) < 4.78 is 54.6. The van der Waals surface area contributed by atoms with Gasteiger partial charge in [-0.3, -0.25) is 0 Å². The number of fused-ring (bicyclic) bond motifs is 1. The normalized spacial score (nSPS) is 12.6. The standard InChI is InChI=1S/C9H5ClF4N2O/c10-3-1-5-6(2-4(3)15)17-8(16-5)9(13,14)7(11)12/h1-2,7H,15H2. The van der Waals surface area contributed by atoms with E-state index in [4.69, 9.17) is 17.3 Å². The first-order valence-corrected chi connectivity index (χ1v) is 4.72. The lowest BCUT2D eigenvalue weighted by atomic mass is 10.3. The first kappa shape index (κ1) is 12.0. The second-order valence-electron chi connectivity index (χ2n) is 3.28. The van der Waals surface area contributed by atoms with E-state index in [1.807, 2.05) is 0 Å². The third-order valence-electron chi connectivity index (χ3n) is 2.07. The van der Waals surface area contributed by atoms with Crippen molar-refractivity contribution in [3.8, 4) is 0 Å². The van der Waals surface area contributed by atoms with Gasteiger partial charge in [-0.15, -0.1) is 0 Å². The number of nitrogens with zero attached hydrogens (tertiary/aromatic N) is 1. The highest BCUT2D eigenvalue weighted by Crippen LogP contribution is 2.36. The van der Waals surface area contributed by atoms with Crippen molar-refractivity contribution in [3.05, 3.63) is 23.0 Å². The maximum atomic E-state index is 12.9. The predicted octanol–water partition coefficient (Wildman–Crippen LogP) is 3.42. The van der Waals surface area contributed by atoms with Crippen molar-refractivity contribution in [2.24, 2.45) is 0 Å². The first-order chi connectivity index (χ1) is 7.82. The Bertz CT molecular complexity index is 530. The van der Waals surface area contributed by atoms with Crippen molar-refractivity contribution in [3.63, 3.8) is 0 Å². The highest BCUT2D eigenvalue weighted by Gasteiger charge is 2.47. The minimum atomic E-state index is -4.44. The van der Waals surface area contributed by atoms with E-state index < -0.39 is 18.2 Å². The Hall–Kier alpha value is -1.50. The molecule has 0 radical (unpaired) electrons. The number of oxazole rings is 1. The van der Waals surface area contributed by atoms with Gasteiger partial charge in [-0.05, 0) is 6.07 Å². The Morgan fingerprint density at radius 1 is 1.35 bits per heavy atom. The number of alkyl halides is 4. The second kappa shape index (κ2) is 3.76. The molecule has 0 saturated heterocycles. The van der Waals surface area contributed by atoms with Crippen molar-refractivity contribution < 1.29 is 22.0 Å². The van der Waals surface area contributed by atoms with Crippen LogP contribution in [0.25, 0.3) is 11.1 Å². The highest BCUT2D eigenvalue weighted by atomic mass is 35.5. The zero-order valence-electron chi connectivity index (χ0n) is 8.05. The van der Waals surface area contributed by atoms with Crippen molar-refractivity contribution in [2.75, 3.05) is 5.73 Å². The van der Waals surface area contributed by atoms with Gasteiger partial charge in [0.1, 0.15) is 5.52 Å². The number of hydrogen-bond donors (Lipinski definition) is 1. The maximum absolute atomic E-state index is 12.9. The second-order valence-corrected chi connectivity index (χ2v) is 3.69. The van der Waals surface area contributed by atoms with E-state index in [2.05, 4.69) is 9.40 Å². The van der Waals surface area contributed by atoms with Crippen LogP contribution < -0.4 is 5.73 Å². The van der Waals surface area contributed by atoms with Crippen LogP contribution in [0.4, 0.5) is 23.2 Å². The molecule has 0 aliphatic rings. The zero-order valence-corrected chi connectivity index (χ0v) is 8.81. The topological polar surface area (TPSA) is 52.0 Å². The molecule has 3 nitrogen and oxygen atoms in total. The van der Waals surface area contributed by atoms with E-state index in [0.717, 1.165) is 6.07 Å². The molecule has 0 saturated carbocycles. The van der Waals surface area contributed by atoms with Crippen LogP contribution in [0.2, 0.25) is 5.02 Å². The summed E-state index contributed by atoms with van der Waals surface area (Å²) in [7, 11) is 0. The summed E-state index contributed by atoms with van der Waals surface area (Å²) in [5.41, 5.74) is 5.32. The molecule has 92 valence electrons. The summed E-state index contributed by atoms with van der Waals surface area (Å²) in [6.45, 7) is 0. The molecule has 2 aromatic rings. The van der Waals surface area contributed by atoms with Crippen LogP contribution in [0.1, 0.15) is 5.89 Å². The average molecular weight is 269 g/mol. The molecule has 0 fully saturated rings. The van der Waals surface area contributed by atoms with E-state index in [-0.39, 0.29) is 21.8 Å². The minimum absolute atomic E-state index is 0.0560. The average Bonchev–Trinajstić information content (AvgIpc) is 2.62. The van der Waals surface area contributed by atoms with Crippen LogP contribution in [0.5, 0.6) is 0 Å².